The van der Waals surface area contributed by atoms with Crippen LogP contribution in [-0.4, -0.2) is 26.5 Å². The van der Waals surface area contributed by atoms with Crippen molar-refractivity contribution in [3.05, 3.63) is 23.9 Å². The van der Waals surface area contributed by atoms with Crippen molar-refractivity contribution in [2.45, 2.75) is 0 Å². The lowest BCUT2D eigenvalue weighted by atomic mass is 10.3. The van der Waals surface area contributed by atoms with Crippen LogP contribution in [-0.2, 0) is 15.0 Å². The summed E-state index contributed by atoms with van der Waals surface area (Å²) in [5.41, 5.74) is 0.180. The van der Waals surface area contributed by atoms with Gasteiger partial charge < -0.3 is 8.92 Å². The van der Waals surface area contributed by atoms with Crippen molar-refractivity contribution in [1.82, 2.24) is 4.98 Å². The highest BCUT2D eigenvalue weighted by Gasteiger charge is 2.09. The Morgan fingerprint density at radius 3 is 2.53 bits per heavy atom. The average Bonchev–Trinajstić information content (AvgIpc) is 2.15. The maximum Gasteiger partial charge on any atom is 0.381 e. The Hall–Kier alpha value is -1.67. The zero-order valence-electron chi connectivity index (χ0n) is 7.71. The van der Waals surface area contributed by atoms with Gasteiger partial charge >= 0.3 is 16.3 Å². The number of rotatable bonds is 3. The van der Waals surface area contributed by atoms with Gasteiger partial charge in [0.05, 0.1) is 12.7 Å². The monoisotopic (exact) mass is 232 g/mol. The quantitative estimate of drug-likeness (QED) is 0.700. The second-order valence-corrected chi connectivity index (χ2v) is 3.61. The van der Waals surface area contributed by atoms with E-state index in [2.05, 4.69) is 19.0 Å². The zero-order chi connectivity index (χ0) is 11.5. The van der Waals surface area contributed by atoms with E-state index in [1.807, 2.05) is 0 Å². The molecule has 0 radical (unpaired) electrons. The van der Waals surface area contributed by atoms with Gasteiger partial charge in [0.2, 0.25) is 5.88 Å². The van der Waals surface area contributed by atoms with Gasteiger partial charge in [-0.1, -0.05) is 0 Å². The summed E-state index contributed by atoms with van der Waals surface area (Å²) in [6.45, 7) is 0. The summed E-state index contributed by atoms with van der Waals surface area (Å²) >= 11 is 0. The molecule has 1 rings (SSSR count). The van der Waals surface area contributed by atoms with Gasteiger partial charge in [0, 0.05) is 12.3 Å². The number of hydrogen-bond donors (Lipinski definition) is 1. The van der Waals surface area contributed by atoms with E-state index in [9.17, 15) is 13.2 Å². The Kier molecular flexibility index (Phi) is 3.22. The molecule has 8 heteroatoms. The molecule has 0 amide bonds. The molecule has 0 saturated heterocycles. The molecule has 1 aromatic heterocycles. The summed E-state index contributed by atoms with van der Waals surface area (Å²) in [6.07, 6.45) is 1.12. The number of aromatic nitrogens is 1. The number of methoxy groups -OCH3 is 1. The summed E-state index contributed by atoms with van der Waals surface area (Å²) in [6, 6.07) is 2.50. The van der Waals surface area contributed by atoms with Crippen LogP contribution < -0.4 is 9.32 Å². The number of hydrogen-bond acceptors (Lipinski definition) is 6. The minimum Gasteiger partial charge on any atom is -0.465 e. The van der Waals surface area contributed by atoms with Gasteiger partial charge in [0.1, 0.15) is 0 Å². The van der Waals surface area contributed by atoms with Crippen molar-refractivity contribution in [2.75, 3.05) is 7.11 Å². The first-order chi connectivity index (χ1) is 6.92. The lowest BCUT2D eigenvalue weighted by molar-refractivity contribution is 0.0600. The molecule has 0 aromatic carbocycles. The van der Waals surface area contributed by atoms with E-state index in [-0.39, 0.29) is 11.4 Å². The van der Waals surface area contributed by atoms with Crippen LogP contribution in [0, 0.1) is 0 Å². The van der Waals surface area contributed by atoms with Crippen molar-refractivity contribution in [1.29, 1.82) is 0 Å². The Bertz CT molecular complexity index is 453. The fraction of sp³-hybridized carbons (Fsp3) is 0.143. The molecule has 0 aliphatic heterocycles. The maximum atomic E-state index is 11.0. The summed E-state index contributed by atoms with van der Waals surface area (Å²) in [7, 11) is -2.88. The highest BCUT2D eigenvalue weighted by molar-refractivity contribution is 7.84. The summed E-state index contributed by atoms with van der Waals surface area (Å²) in [5, 5.41) is 4.61. The molecule has 0 spiro atoms. The van der Waals surface area contributed by atoms with E-state index < -0.39 is 16.3 Å². The SMILES string of the molecule is COC(=O)c1ccc(OS(N)(=O)=O)nc1. The Morgan fingerprint density at radius 2 is 2.13 bits per heavy atom. The standard InChI is InChI=1S/C7H8N2O5S/c1-13-7(10)5-2-3-6(9-4-5)14-15(8,11)12/h2-4H,1H3,(H2,8,11,12). The molecule has 0 atom stereocenters. The van der Waals surface area contributed by atoms with Gasteiger partial charge in [-0.2, -0.15) is 13.6 Å². The molecular formula is C7H8N2O5S. The first-order valence-corrected chi connectivity index (χ1v) is 5.16. The number of nitrogens with zero attached hydrogens (tertiary/aromatic N) is 1. The maximum absolute atomic E-state index is 11.0. The van der Waals surface area contributed by atoms with Gasteiger partial charge in [0.25, 0.3) is 0 Å². The normalized spacial score (nSPS) is 10.8. The summed E-state index contributed by atoms with van der Waals surface area (Å²) in [5.74, 6) is -0.796. The van der Waals surface area contributed by atoms with Crippen molar-refractivity contribution in [3.63, 3.8) is 0 Å². The molecule has 0 fully saturated rings. The van der Waals surface area contributed by atoms with Crippen LogP contribution in [0.15, 0.2) is 18.3 Å². The predicted molar refractivity (Wildman–Crippen MR) is 49.3 cm³/mol. The minimum absolute atomic E-state index is 0.180. The molecule has 0 aliphatic rings. The average molecular weight is 232 g/mol. The fourth-order valence-corrected chi connectivity index (χ4v) is 1.12. The first kappa shape index (κ1) is 11.4. The van der Waals surface area contributed by atoms with Gasteiger partial charge in [-0.15, -0.1) is 0 Å². The lowest BCUT2D eigenvalue weighted by Gasteiger charge is -2.01. The lowest BCUT2D eigenvalue weighted by Crippen LogP contribution is -2.19. The third-order valence-electron chi connectivity index (χ3n) is 1.36. The molecule has 0 aliphatic carbocycles. The third kappa shape index (κ3) is 3.52. The third-order valence-corrected chi connectivity index (χ3v) is 1.76. The number of pyridine rings is 1. The van der Waals surface area contributed by atoms with Crippen LogP contribution in [0.4, 0.5) is 0 Å². The Balaban J connectivity index is 2.86. The number of ether oxygens (including phenoxy) is 1. The van der Waals surface area contributed by atoms with Crippen LogP contribution in [0.25, 0.3) is 0 Å². The molecule has 2 N–H and O–H groups in total. The van der Waals surface area contributed by atoms with Gasteiger partial charge in [-0.3, -0.25) is 0 Å². The van der Waals surface area contributed by atoms with E-state index >= 15 is 0 Å². The van der Waals surface area contributed by atoms with Gasteiger partial charge in [-0.05, 0) is 6.07 Å². The first-order valence-electron chi connectivity index (χ1n) is 3.69. The van der Waals surface area contributed by atoms with E-state index in [1.165, 1.54) is 19.2 Å². The van der Waals surface area contributed by atoms with Crippen LogP contribution in [0.1, 0.15) is 10.4 Å². The summed E-state index contributed by atoms with van der Waals surface area (Å²) in [4.78, 5) is 14.5. The van der Waals surface area contributed by atoms with E-state index in [0.717, 1.165) is 6.20 Å². The van der Waals surface area contributed by atoms with Gasteiger partial charge in [0.15, 0.2) is 0 Å². The van der Waals surface area contributed by atoms with E-state index in [1.54, 1.807) is 0 Å². The molecule has 0 saturated carbocycles. The van der Waals surface area contributed by atoms with Crippen LogP contribution in [0.5, 0.6) is 5.88 Å². The van der Waals surface area contributed by atoms with Crippen molar-refractivity contribution in [3.8, 4) is 5.88 Å². The number of esters is 1. The molecule has 15 heavy (non-hydrogen) atoms. The van der Waals surface area contributed by atoms with Crippen molar-refractivity contribution >= 4 is 16.3 Å². The fourth-order valence-electron chi connectivity index (χ4n) is 0.787. The largest absolute Gasteiger partial charge is 0.465 e. The second-order valence-electron chi connectivity index (χ2n) is 2.45. The zero-order valence-corrected chi connectivity index (χ0v) is 8.52. The highest BCUT2D eigenvalue weighted by atomic mass is 32.2. The van der Waals surface area contributed by atoms with E-state index in [4.69, 9.17) is 0 Å². The molecule has 7 nitrogen and oxygen atoms in total. The Morgan fingerprint density at radius 1 is 1.47 bits per heavy atom. The molecule has 0 bridgehead atoms. The van der Waals surface area contributed by atoms with Crippen LogP contribution in [0.3, 0.4) is 0 Å². The molecule has 82 valence electrons. The molecule has 0 unspecified atom stereocenters. The predicted octanol–water partition coefficient (Wildman–Crippen LogP) is -0.549. The summed E-state index contributed by atoms with van der Waals surface area (Å²) < 4.78 is 29.7. The van der Waals surface area contributed by atoms with Crippen LogP contribution >= 0.6 is 0 Å². The molecular weight excluding hydrogens is 224 g/mol. The number of carbonyl (C=O) groups is 1. The minimum atomic E-state index is -4.09. The van der Waals surface area contributed by atoms with E-state index in [0.29, 0.717) is 0 Å². The van der Waals surface area contributed by atoms with Crippen molar-refractivity contribution in [2.24, 2.45) is 5.14 Å². The smallest absolute Gasteiger partial charge is 0.381 e. The second kappa shape index (κ2) is 4.24. The molecule has 1 aromatic rings. The van der Waals surface area contributed by atoms with Gasteiger partial charge in [-0.25, -0.2) is 9.78 Å². The highest BCUT2D eigenvalue weighted by Crippen LogP contribution is 2.09. The number of nitrogens with two attached hydrogens (primary N) is 1. The Labute approximate surface area is 86.1 Å². The molecule has 1 heterocycles. The van der Waals surface area contributed by atoms with Crippen LogP contribution in [0.2, 0.25) is 0 Å². The topological polar surface area (TPSA) is 109 Å². The number of carbonyl (C=O) groups excluding carboxylic acids is 1. The van der Waals surface area contributed by atoms with Crippen molar-refractivity contribution < 1.29 is 22.1 Å².